The summed E-state index contributed by atoms with van der Waals surface area (Å²) >= 11 is 0. The molecular formula is C27H33ClN2O4. The molecule has 0 aliphatic rings. The highest BCUT2D eigenvalue weighted by atomic mass is 35.5. The Labute approximate surface area is 207 Å². The van der Waals surface area contributed by atoms with Crippen LogP contribution in [0.2, 0.25) is 0 Å². The maximum Gasteiger partial charge on any atom is 0.255 e. The highest BCUT2D eigenvalue weighted by molar-refractivity contribution is 5.85. The van der Waals surface area contributed by atoms with Crippen molar-refractivity contribution in [3.8, 4) is 5.75 Å². The second-order valence-corrected chi connectivity index (χ2v) is 8.26. The van der Waals surface area contributed by atoms with Gasteiger partial charge in [0.25, 0.3) is 5.91 Å². The Bertz CT molecular complexity index is 939. The normalized spacial score (nSPS) is 13.5. The van der Waals surface area contributed by atoms with Gasteiger partial charge in [0.1, 0.15) is 5.75 Å². The number of halogens is 1. The van der Waals surface area contributed by atoms with Gasteiger partial charge in [-0.25, -0.2) is 0 Å². The molecule has 182 valence electrons. The summed E-state index contributed by atoms with van der Waals surface area (Å²) in [5.41, 5.74) is 7.90. The lowest BCUT2D eigenvalue weighted by Gasteiger charge is -2.33. The number of hydrogen-bond donors (Lipinski definition) is 3. The number of primary amides is 1. The minimum atomic E-state index is -0.666. The molecule has 0 saturated carbocycles. The summed E-state index contributed by atoms with van der Waals surface area (Å²) in [6.45, 7) is 2.73. The molecule has 0 fully saturated rings. The van der Waals surface area contributed by atoms with Crippen LogP contribution >= 0.6 is 12.4 Å². The largest absolute Gasteiger partial charge is 0.484 e. The topological polar surface area (TPSA) is 96.0 Å². The van der Waals surface area contributed by atoms with Gasteiger partial charge in [-0.1, -0.05) is 72.8 Å². The predicted molar refractivity (Wildman–Crippen MR) is 136 cm³/mol. The van der Waals surface area contributed by atoms with Gasteiger partial charge in [-0.05, 0) is 42.2 Å². The van der Waals surface area contributed by atoms with Crippen molar-refractivity contribution >= 4 is 18.3 Å². The van der Waals surface area contributed by atoms with Crippen molar-refractivity contribution in [2.75, 3.05) is 19.7 Å². The van der Waals surface area contributed by atoms with E-state index >= 15 is 0 Å². The molecule has 7 heteroatoms. The molecule has 3 rings (SSSR count). The Morgan fingerprint density at radius 1 is 0.853 bits per heavy atom. The monoisotopic (exact) mass is 484 g/mol. The number of benzene rings is 3. The van der Waals surface area contributed by atoms with Gasteiger partial charge < -0.3 is 20.7 Å². The van der Waals surface area contributed by atoms with Crippen LogP contribution in [0.5, 0.6) is 5.75 Å². The number of carbonyl (C=O) groups is 1. The van der Waals surface area contributed by atoms with Crippen LogP contribution in [0.4, 0.5) is 0 Å². The van der Waals surface area contributed by atoms with E-state index in [1.165, 1.54) is 0 Å². The van der Waals surface area contributed by atoms with Gasteiger partial charge in [-0.3, -0.25) is 9.69 Å². The van der Waals surface area contributed by atoms with Crippen LogP contribution in [0.1, 0.15) is 35.8 Å². The van der Waals surface area contributed by atoms with Gasteiger partial charge in [-0.2, -0.15) is 0 Å². The van der Waals surface area contributed by atoms with Crippen LogP contribution in [0, 0.1) is 0 Å². The number of nitrogens with zero attached hydrogens (tertiary/aromatic N) is 1. The second-order valence-electron chi connectivity index (χ2n) is 8.26. The molecule has 0 aromatic heterocycles. The third kappa shape index (κ3) is 8.47. The van der Waals surface area contributed by atoms with Gasteiger partial charge in [0.2, 0.25) is 0 Å². The van der Waals surface area contributed by atoms with Gasteiger partial charge in [-0.15, -0.1) is 12.4 Å². The number of rotatable bonds is 12. The summed E-state index contributed by atoms with van der Waals surface area (Å²) in [6, 6.07) is 26.7. The number of ether oxygens (including phenoxy) is 1. The van der Waals surface area contributed by atoms with Crippen LogP contribution < -0.4 is 10.5 Å². The average molecular weight is 485 g/mol. The second kappa shape index (κ2) is 13.7. The lowest BCUT2D eigenvalue weighted by molar-refractivity contribution is -0.119. The first-order valence-electron chi connectivity index (χ1n) is 11.1. The van der Waals surface area contributed by atoms with E-state index in [-0.39, 0.29) is 25.1 Å². The van der Waals surface area contributed by atoms with Crippen molar-refractivity contribution < 1.29 is 19.7 Å². The molecule has 0 bridgehead atoms. The van der Waals surface area contributed by atoms with Crippen molar-refractivity contribution in [3.05, 3.63) is 102 Å². The number of carbonyl (C=O) groups excluding carboxylic acids is 1. The fourth-order valence-corrected chi connectivity index (χ4v) is 3.79. The lowest BCUT2D eigenvalue weighted by atomic mass is 10.0. The van der Waals surface area contributed by atoms with E-state index in [0.717, 1.165) is 23.1 Å². The Morgan fingerprint density at radius 3 is 1.76 bits per heavy atom. The van der Waals surface area contributed by atoms with Gasteiger partial charge in [0.15, 0.2) is 6.61 Å². The molecule has 34 heavy (non-hydrogen) atoms. The lowest BCUT2D eigenvalue weighted by Crippen LogP contribution is -2.40. The van der Waals surface area contributed by atoms with Crippen LogP contribution in [0.3, 0.4) is 0 Å². The zero-order valence-electron chi connectivity index (χ0n) is 19.3. The summed E-state index contributed by atoms with van der Waals surface area (Å²) in [5, 5.41) is 21.7. The molecular weight excluding hydrogens is 452 g/mol. The van der Waals surface area contributed by atoms with Crippen molar-refractivity contribution in [3.63, 3.8) is 0 Å². The summed E-state index contributed by atoms with van der Waals surface area (Å²) in [4.78, 5) is 13.0. The highest BCUT2D eigenvalue weighted by Gasteiger charge is 2.22. The fourth-order valence-electron chi connectivity index (χ4n) is 3.79. The molecule has 1 amide bonds. The molecule has 0 saturated heterocycles. The van der Waals surface area contributed by atoms with Crippen LogP contribution in [-0.2, 0) is 11.2 Å². The third-order valence-electron chi connectivity index (χ3n) is 5.64. The van der Waals surface area contributed by atoms with Crippen LogP contribution in [0.25, 0.3) is 0 Å². The number of aliphatic hydroxyl groups excluding tert-OH is 2. The molecule has 3 aromatic carbocycles. The number of amides is 1. The average Bonchev–Trinajstić information content (AvgIpc) is 2.84. The molecule has 0 aliphatic heterocycles. The molecule has 4 N–H and O–H groups in total. The third-order valence-corrected chi connectivity index (χ3v) is 5.64. The van der Waals surface area contributed by atoms with E-state index in [1.54, 1.807) is 0 Å². The van der Waals surface area contributed by atoms with E-state index in [2.05, 4.69) is 11.8 Å². The maximum absolute atomic E-state index is 10.9. The molecule has 0 aliphatic carbocycles. The van der Waals surface area contributed by atoms with Gasteiger partial charge >= 0.3 is 0 Å². The first kappa shape index (κ1) is 27.3. The number of aliphatic hydroxyl groups is 2. The van der Waals surface area contributed by atoms with Crippen molar-refractivity contribution in [2.45, 2.75) is 31.6 Å². The van der Waals surface area contributed by atoms with E-state index in [1.807, 2.05) is 84.9 Å². The summed E-state index contributed by atoms with van der Waals surface area (Å²) in [6.07, 6.45) is -0.610. The van der Waals surface area contributed by atoms with E-state index < -0.39 is 18.1 Å². The standard InChI is InChI=1S/C27H32N2O4.ClH/c1-20(16-21-12-14-24(15-13-21)33-19-27(28)32)29(17-25(30)22-8-4-2-5-9-22)18-26(31)23-10-6-3-7-11-23;/h2-15,20,25-26,30-31H,16-19H2,1H3,(H2,28,32);1H. The van der Waals surface area contributed by atoms with E-state index in [0.29, 0.717) is 18.8 Å². The van der Waals surface area contributed by atoms with Crippen LogP contribution in [-0.4, -0.2) is 46.8 Å². The first-order chi connectivity index (χ1) is 15.9. The molecule has 6 nitrogen and oxygen atoms in total. The zero-order valence-corrected chi connectivity index (χ0v) is 20.1. The van der Waals surface area contributed by atoms with Crippen LogP contribution in [0.15, 0.2) is 84.9 Å². The minimum absolute atomic E-state index is 0. The maximum atomic E-state index is 10.9. The summed E-state index contributed by atoms with van der Waals surface area (Å²) < 4.78 is 5.33. The van der Waals surface area contributed by atoms with E-state index in [4.69, 9.17) is 10.5 Å². The Kier molecular flexibility index (Phi) is 11.0. The fraction of sp³-hybridized carbons (Fsp3) is 0.296. The van der Waals surface area contributed by atoms with Crippen molar-refractivity contribution in [1.82, 2.24) is 4.90 Å². The summed E-state index contributed by atoms with van der Waals surface area (Å²) in [7, 11) is 0. The van der Waals surface area contributed by atoms with Crippen molar-refractivity contribution in [2.24, 2.45) is 5.73 Å². The first-order valence-corrected chi connectivity index (χ1v) is 11.1. The number of hydrogen-bond acceptors (Lipinski definition) is 5. The molecule has 0 heterocycles. The SMILES string of the molecule is CC(Cc1ccc(OCC(N)=O)cc1)N(CC(O)c1ccccc1)CC(O)c1ccccc1.Cl. The smallest absolute Gasteiger partial charge is 0.255 e. The van der Waals surface area contributed by atoms with Crippen molar-refractivity contribution in [1.29, 1.82) is 0 Å². The predicted octanol–water partition coefficient (Wildman–Crippen LogP) is 3.67. The molecule has 3 aromatic rings. The molecule has 3 unspecified atom stereocenters. The Hall–Kier alpha value is -2.90. The number of nitrogens with two attached hydrogens (primary N) is 1. The highest BCUT2D eigenvalue weighted by Crippen LogP contribution is 2.22. The summed E-state index contributed by atoms with van der Waals surface area (Å²) in [5.74, 6) is 0.0679. The van der Waals surface area contributed by atoms with E-state index in [9.17, 15) is 15.0 Å². The molecule has 3 atom stereocenters. The Balaban J connectivity index is 0.00000408. The molecule has 0 spiro atoms. The quantitative estimate of drug-likeness (QED) is 0.364. The molecule has 0 radical (unpaired) electrons. The minimum Gasteiger partial charge on any atom is -0.484 e. The van der Waals surface area contributed by atoms with Gasteiger partial charge in [0, 0.05) is 19.1 Å². The zero-order chi connectivity index (χ0) is 23.6. The van der Waals surface area contributed by atoms with Gasteiger partial charge in [0.05, 0.1) is 12.2 Å². The Morgan fingerprint density at radius 2 is 1.32 bits per heavy atom.